The smallest absolute Gasteiger partial charge is 0.160 e. The number of nitrogens with zero attached hydrogens (tertiary/aromatic N) is 2. The minimum atomic E-state index is -0.173. The van der Waals surface area contributed by atoms with Crippen LogP contribution in [0.4, 0.5) is 0 Å². The summed E-state index contributed by atoms with van der Waals surface area (Å²) >= 11 is 12.7. The van der Waals surface area contributed by atoms with E-state index in [0.717, 1.165) is 18.4 Å². The maximum atomic E-state index is 6.33. The molecule has 0 aliphatic heterocycles. The highest BCUT2D eigenvalue weighted by molar-refractivity contribution is 6.34. The highest BCUT2D eigenvalue weighted by atomic mass is 35.5. The summed E-state index contributed by atoms with van der Waals surface area (Å²) in [5.74, 6) is 1.26. The van der Waals surface area contributed by atoms with Gasteiger partial charge in [0.2, 0.25) is 0 Å². The Balaban J connectivity index is 2.35. The number of hydrogen-bond acceptors (Lipinski definition) is 3. The highest BCUT2D eigenvalue weighted by Gasteiger charge is 2.27. The molecule has 0 N–H and O–H groups in total. The molecule has 0 amide bonds. The number of aromatic nitrogens is 2. The van der Waals surface area contributed by atoms with Gasteiger partial charge in [-0.1, -0.05) is 49.9 Å². The summed E-state index contributed by atoms with van der Waals surface area (Å²) in [5, 5.41) is 0.981. The van der Waals surface area contributed by atoms with E-state index in [1.807, 2.05) is 0 Å². The van der Waals surface area contributed by atoms with Gasteiger partial charge in [0.1, 0.15) is 16.4 Å². The topological polar surface area (TPSA) is 35.0 Å². The molecule has 1 fully saturated rings. The van der Waals surface area contributed by atoms with E-state index in [1.165, 1.54) is 12.8 Å². The van der Waals surface area contributed by atoms with Crippen LogP contribution in [0.3, 0.4) is 0 Å². The number of methoxy groups -OCH3 is 1. The van der Waals surface area contributed by atoms with E-state index in [4.69, 9.17) is 27.9 Å². The fourth-order valence-electron chi connectivity index (χ4n) is 2.79. The Morgan fingerprint density at radius 2 is 1.63 bits per heavy atom. The third-order valence-electron chi connectivity index (χ3n) is 3.75. The first-order valence-electron chi connectivity index (χ1n) is 6.80. The van der Waals surface area contributed by atoms with Gasteiger partial charge in [0.05, 0.1) is 0 Å². The number of halogens is 2. The van der Waals surface area contributed by atoms with Crippen molar-refractivity contribution >= 4 is 23.2 Å². The molecule has 0 spiro atoms. The lowest BCUT2D eigenvalue weighted by Gasteiger charge is -2.20. The van der Waals surface area contributed by atoms with Crippen LogP contribution in [0, 0.1) is 5.92 Å². The average molecular weight is 303 g/mol. The summed E-state index contributed by atoms with van der Waals surface area (Å²) < 4.78 is 5.43. The standard InChI is InChI=1S/C14H20Cl2N2O/c1-8(2)11(19-3)14-17-12(15)10(13(16)18-14)9-6-4-5-7-9/h8-9,11H,4-7H2,1-3H3. The van der Waals surface area contributed by atoms with E-state index in [1.54, 1.807) is 7.11 Å². The third-order valence-corrected chi connectivity index (χ3v) is 4.32. The molecule has 19 heavy (non-hydrogen) atoms. The SMILES string of the molecule is COC(c1nc(Cl)c(C2CCCC2)c(Cl)n1)C(C)C. The quantitative estimate of drug-likeness (QED) is 0.750. The van der Waals surface area contributed by atoms with Gasteiger partial charge in [-0.3, -0.25) is 0 Å². The van der Waals surface area contributed by atoms with Gasteiger partial charge in [-0.25, -0.2) is 9.97 Å². The van der Waals surface area contributed by atoms with Crippen molar-refractivity contribution in [3.8, 4) is 0 Å². The maximum Gasteiger partial charge on any atom is 0.160 e. The van der Waals surface area contributed by atoms with Crippen LogP contribution in [0.5, 0.6) is 0 Å². The van der Waals surface area contributed by atoms with E-state index in [-0.39, 0.29) is 12.0 Å². The number of ether oxygens (including phenoxy) is 1. The van der Waals surface area contributed by atoms with Gasteiger partial charge in [0.25, 0.3) is 0 Å². The van der Waals surface area contributed by atoms with E-state index >= 15 is 0 Å². The van der Waals surface area contributed by atoms with Gasteiger partial charge >= 0.3 is 0 Å². The molecule has 1 aromatic rings. The lowest BCUT2D eigenvalue weighted by molar-refractivity contribution is 0.0574. The van der Waals surface area contributed by atoms with Gasteiger partial charge in [-0.15, -0.1) is 0 Å². The van der Waals surface area contributed by atoms with Gasteiger partial charge in [0, 0.05) is 12.7 Å². The van der Waals surface area contributed by atoms with Crippen LogP contribution in [0.1, 0.15) is 62.9 Å². The third kappa shape index (κ3) is 3.21. The fourth-order valence-corrected chi connectivity index (χ4v) is 3.50. The fraction of sp³-hybridized carbons (Fsp3) is 0.714. The van der Waals surface area contributed by atoms with E-state index in [0.29, 0.717) is 22.0 Å². The molecule has 1 atom stereocenters. The molecule has 0 bridgehead atoms. The molecular formula is C14H20Cl2N2O. The van der Waals surface area contributed by atoms with Crippen LogP contribution in [0.2, 0.25) is 10.3 Å². The molecule has 2 rings (SSSR count). The lowest BCUT2D eigenvalue weighted by atomic mass is 10.0. The second-order valence-corrected chi connectivity index (χ2v) is 6.17. The zero-order valence-corrected chi connectivity index (χ0v) is 13.1. The molecule has 0 radical (unpaired) electrons. The van der Waals surface area contributed by atoms with Crippen molar-refractivity contribution in [3.05, 3.63) is 21.7 Å². The molecule has 1 aliphatic carbocycles. The van der Waals surface area contributed by atoms with Gasteiger partial charge < -0.3 is 4.74 Å². The minimum absolute atomic E-state index is 0.173. The van der Waals surface area contributed by atoms with Crippen molar-refractivity contribution < 1.29 is 4.74 Å². The molecule has 1 aromatic heterocycles. The van der Waals surface area contributed by atoms with Crippen molar-refractivity contribution in [2.24, 2.45) is 5.92 Å². The van der Waals surface area contributed by atoms with Crippen molar-refractivity contribution in [2.75, 3.05) is 7.11 Å². The zero-order valence-electron chi connectivity index (χ0n) is 11.6. The molecule has 1 aliphatic rings. The summed E-state index contributed by atoms with van der Waals surface area (Å²) in [7, 11) is 1.65. The first kappa shape index (κ1) is 15.0. The summed E-state index contributed by atoms with van der Waals surface area (Å²) in [4.78, 5) is 8.83. The summed E-state index contributed by atoms with van der Waals surface area (Å²) in [6.45, 7) is 4.12. The Bertz CT molecular complexity index is 422. The number of rotatable bonds is 4. The normalized spacial score (nSPS) is 18.2. The van der Waals surface area contributed by atoms with E-state index in [9.17, 15) is 0 Å². The summed E-state index contributed by atoms with van der Waals surface area (Å²) in [6, 6.07) is 0. The zero-order chi connectivity index (χ0) is 14.0. The monoisotopic (exact) mass is 302 g/mol. The van der Waals surface area contributed by atoms with Crippen molar-refractivity contribution in [2.45, 2.75) is 51.6 Å². The van der Waals surface area contributed by atoms with E-state index < -0.39 is 0 Å². The largest absolute Gasteiger partial charge is 0.373 e. The first-order chi connectivity index (χ1) is 9.04. The van der Waals surface area contributed by atoms with Crippen LogP contribution in [0.25, 0.3) is 0 Å². The predicted molar refractivity (Wildman–Crippen MR) is 77.8 cm³/mol. The van der Waals surface area contributed by atoms with Crippen LogP contribution >= 0.6 is 23.2 Å². The van der Waals surface area contributed by atoms with Gasteiger partial charge in [-0.05, 0) is 24.7 Å². The number of hydrogen-bond donors (Lipinski definition) is 0. The summed E-state index contributed by atoms with van der Waals surface area (Å²) in [5.41, 5.74) is 0.920. The first-order valence-corrected chi connectivity index (χ1v) is 7.55. The average Bonchev–Trinajstić information content (AvgIpc) is 2.82. The minimum Gasteiger partial charge on any atom is -0.373 e. The van der Waals surface area contributed by atoms with Crippen molar-refractivity contribution in [1.29, 1.82) is 0 Å². The molecule has 1 heterocycles. The Labute approximate surface area is 124 Å². The Hall–Kier alpha value is -0.380. The van der Waals surface area contributed by atoms with Crippen LogP contribution in [-0.4, -0.2) is 17.1 Å². The maximum absolute atomic E-state index is 6.33. The molecule has 1 unspecified atom stereocenters. The van der Waals surface area contributed by atoms with Crippen LogP contribution in [-0.2, 0) is 4.74 Å². The molecule has 106 valence electrons. The molecular weight excluding hydrogens is 283 g/mol. The van der Waals surface area contributed by atoms with Crippen LogP contribution in [0.15, 0.2) is 0 Å². The highest BCUT2D eigenvalue weighted by Crippen LogP contribution is 2.40. The molecule has 0 saturated heterocycles. The van der Waals surface area contributed by atoms with E-state index in [2.05, 4.69) is 23.8 Å². The lowest BCUT2D eigenvalue weighted by Crippen LogP contribution is -2.14. The summed E-state index contributed by atoms with van der Waals surface area (Å²) in [6.07, 6.45) is 4.53. The molecule has 5 heteroatoms. The Kier molecular flexibility index (Phi) is 5.04. The predicted octanol–water partition coefficient (Wildman–Crippen LogP) is 4.78. The van der Waals surface area contributed by atoms with Crippen molar-refractivity contribution in [3.63, 3.8) is 0 Å². The van der Waals surface area contributed by atoms with Gasteiger partial charge in [0.15, 0.2) is 5.82 Å². The Morgan fingerprint density at radius 1 is 1.11 bits per heavy atom. The molecule has 1 saturated carbocycles. The Morgan fingerprint density at radius 3 is 2.05 bits per heavy atom. The second kappa shape index (κ2) is 6.38. The second-order valence-electron chi connectivity index (χ2n) is 5.46. The van der Waals surface area contributed by atoms with Crippen molar-refractivity contribution in [1.82, 2.24) is 9.97 Å². The molecule has 0 aromatic carbocycles. The van der Waals surface area contributed by atoms with Gasteiger partial charge in [-0.2, -0.15) is 0 Å². The van der Waals surface area contributed by atoms with Crippen LogP contribution < -0.4 is 0 Å². The molecule has 3 nitrogen and oxygen atoms in total.